The van der Waals surface area contributed by atoms with Crippen LogP contribution in [0.4, 0.5) is 0 Å². The van der Waals surface area contributed by atoms with E-state index in [1.165, 1.54) is 0 Å². The summed E-state index contributed by atoms with van der Waals surface area (Å²) in [5.74, 6) is 1.58. The predicted octanol–water partition coefficient (Wildman–Crippen LogP) is 1.07. The lowest BCUT2D eigenvalue weighted by atomic mass is 10.1. The van der Waals surface area contributed by atoms with Gasteiger partial charge in [-0.1, -0.05) is 0 Å². The van der Waals surface area contributed by atoms with Crippen molar-refractivity contribution < 1.29 is 0 Å². The summed E-state index contributed by atoms with van der Waals surface area (Å²) in [5.41, 5.74) is 7.54. The fraction of sp³-hybridized carbons (Fsp3) is 0.364. The second kappa shape index (κ2) is 4.85. The minimum Gasteiger partial charge on any atom is -0.330 e. The number of hydrogen-bond donors (Lipinski definition) is 2. The molecule has 0 atom stereocenters. The van der Waals surface area contributed by atoms with Crippen LogP contribution in [0.3, 0.4) is 0 Å². The Balaban J connectivity index is 2.22. The summed E-state index contributed by atoms with van der Waals surface area (Å²) in [5, 5.41) is 7.11. The van der Waals surface area contributed by atoms with Gasteiger partial charge in [-0.15, -0.1) is 0 Å². The SMILES string of the molecule is Cc1ccncc1-c1n[nH]c(CCCN)n1. The zero-order valence-electron chi connectivity index (χ0n) is 9.27. The van der Waals surface area contributed by atoms with Crippen LogP contribution >= 0.6 is 0 Å². The second-order valence-electron chi connectivity index (χ2n) is 3.69. The quantitative estimate of drug-likeness (QED) is 0.802. The van der Waals surface area contributed by atoms with Crippen molar-refractivity contribution in [1.29, 1.82) is 0 Å². The van der Waals surface area contributed by atoms with Crippen LogP contribution in [0.25, 0.3) is 11.4 Å². The van der Waals surface area contributed by atoms with Crippen molar-refractivity contribution in [2.75, 3.05) is 6.54 Å². The zero-order valence-corrected chi connectivity index (χ0v) is 9.27. The molecule has 5 heteroatoms. The van der Waals surface area contributed by atoms with Gasteiger partial charge in [-0.2, -0.15) is 5.10 Å². The third-order valence-corrected chi connectivity index (χ3v) is 2.43. The first-order valence-electron chi connectivity index (χ1n) is 5.33. The molecule has 2 aromatic rings. The van der Waals surface area contributed by atoms with Crippen LogP contribution < -0.4 is 5.73 Å². The molecule has 0 saturated heterocycles. The van der Waals surface area contributed by atoms with Crippen molar-refractivity contribution in [3.05, 3.63) is 29.8 Å². The topological polar surface area (TPSA) is 80.5 Å². The van der Waals surface area contributed by atoms with Crippen LogP contribution in [-0.4, -0.2) is 26.7 Å². The van der Waals surface area contributed by atoms with E-state index in [4.69, 9.17) is 5.73 Å². The molecule has 0 bridgehead atoms. The smallest absolute Gasteiger partial charge is 0.182 e. The van der Waals surface area contributed by atoms with Crippen LogP contribution in [-0.2, 0) is 6.42 Å². The molecule has 0 fully saturated rings. The number of nitrogens with zero attached hydrogens (tertiary/aromatic N) is 3. The van der Waals surface area contributed by atoms with Crippen LogP contribution in [0.1, 0.15) is 17.8 Å². The van der Waals surface area contributed by atoms with Gasteiger partial charge in [0.05, 0.1) is 0 Å². The minimum absolute atomic E-state index is 0.669. The third-order valence-electron chi connectivity index (χ3n) is 2.43. The monoisotopic (exact) mass is 217 g/mol. The number of aromatic nitrogens is 4. The summed E-state index contributed by atoms with van der Waals surface area (Å²) in [6.45, 7) is 2.69. The Morgan fingerprint density at radius 2 is 2.31 bits per heavy atom. The molecule has 2 rings (SSSR count). The highest BCUT2D eigenvalue weighted by molar-refractivity contribution is 5.57. The first-order valence-corrected chi connectivity index (χ1v) is 5.33. The summed E-state index contributed by atoms with van der Waals surface area (Å²) < 4.78 is 0. The Morgan fingerprint density at radius 1 is 1.44 bits per heavy atom. The number of aromatic amines is 1. The Labute approximate surface area is 94.1 Å². The number of nitrogens with one attached hydrogen (secondary N) is 1. The molecular weight excluding hydrogens is 202 g/mol. The molecule has 2 aromatic heterocycles. The normalized spacial score (nSPS) is 10.6. The summed E-state index contributed by atoms with van der Waals surface area (Å²) in [6.07, 6.45) is 5.30. The van der Waals surface area contributed by atoms with Gasteiger partial charge in [-0.3, -0.25) is 10.1 Å². The van der Waals surface area contributed by atoms with Gasteiger partial charge in [-0.05, 0) is 31.5 Å². The van der Waals surface area contributed by atoms with E-state index in [9.17, 15) is 0 Å². The van der Waals surface area contributed by atoms with E-state index in [1.807, 2.05) is 13.0 Å². The highest BCUT2D eigenvalue weighted by Gasteiger charge is 2.07. The van der Waals surface area contributed by atoms with E-state index in [0.717, 1.165) is 29.8 Å². The maximum Gasteiger partial charge on any atom is 0.182 e. The maximum atomic E-state index is 5.45. The van der Waals surface area contributed by atoms with Crippen LogP contribution in [0.5, 0.6) is 0 Å². The molecule has 0 spiro atoms. The van der Waals surface area contributed by atoms with Gasteiger partial charge >= 0.3 is 0 Å². The van der Waals surface area contributed by atoms with E-state index >= 15 is 0 Å². The van der Waals surface area contributed by atoms with Gasteiger partial charge in [0.2, 0.25) is 0 Å². The van der Waals surface area contributed by atoms with Crippen LogP contribution in [0, 0.1) is 6.92 Å². The second-order valence-corrected chi connectivity index (χ2v) is 3.69. The standard InChI is InChI=1S/C11H15N5/c1-8-4-6-13-7-9(8)11-14-10(15-16-11)3-2-5-12/h4,6-7H,2-3,5,12H2,1H3,(H,14,15,16). The molecular formula is C11H15N5. The molecule has 0 amide bonds. The van der Waals surface area contributed by atoms with Gasteiger partial charge in [-0.25, -0.2) is 4.98 Å². The largest absolute Gasteiger partial charge is 0.330 e. The lowest BCUT2D eigenvalue weighted by Crippen LogP contribution is -2.01. The van der Waals surface area contributed by atoms with Gasteiger partial charge in [0.1, 0.15) is 5.82 Å². The molecule has 0 aromatic carbocycles. The number of hydrogen-bond acceptors (Lipinski definition) is 4. The number of pyridine rings is 1. The summed E-state index contributed by atoms with van der Waals surface area (Å²) in [7, 11) is 0. The van der Waals surface area contributed by atoms with Crippen molar-refractivity contribution in [3.8, 4) is 11.4 Å². The Morgan fingerprint density at radius 3 is 3.06 bits per heavy atom. The number of H-pyrrole nitrogens is 1. The summed E-state index contributed by atoms with van der Waals surface area (Å²) >= 11 is 0. The number of nitrogens with two attached hydrogens (primary N) is 1. The third kappa shape index (κ3) is 2.25. The molecule has 0 unspecified atom stereocenters. The molecule has 0 radical (unpaired) electrons. The highest BCUT2D eigenvalue weighted by atomic mass is 15.2. The first kappa shape index (κ1) is 10.8. The van der Waals surface area contributed by atoms with Gasteiger partial charge < -0.3 is 5.73 Å². The zero-order chi connectivity index (χ0) is 11.4. The van der Waals surface area contributed by atoms with Crippen LogP contribution in [0.2, 0.25) is 0 Å². The van der Waals surface area contributed by atoms with Crippen molar-refractivity contribution in [2.24, 2.45) is 5.73 Å². The van der Waals surface area contributed by atoms with E-state index in [0.29, 0.717) is 12.4 Å². The van der Waals surface area contributed by atoms with E-state index in [2.05, 4.69) is 20.2 Å². The molecule has 3 N–H and O–H groups in total. The van der Waals surface area contributed by atoms with E-state index < -0.39 is 0 Å². The predicted molar refractivity (Wildman–Crippen MR) is 61.7 cm³/mol. The summed E-state index contributed by atoms with van der Waals surface area (Å²) in [4.78, 5) is 8.50. The first-order chi connectivity index (χ1) is 7.81. The fourth-order valence-electron chi connectivity index (χ4n) is 1.50. The molecule has 16 heavy (non-hydrogen) atoms. The Bertz CT molecular complexity index is 463. The molecule has 0 aliphatic heterocycles. The molecule has 0 aliphatic rings. The Kier molecular flexibility index (Phi) is 3.26. The molecule has 5 nitrogen and oxygen atoms in total. The maximum absolute atomic E-state index is 5.45. The van der Waals surface area contributed by atoms with Crippen LogP contribution in [0.15, 0.2) is 18.5 Å². The lowest BCUT2D eigenvalue weighted by molar-refractivity contribution is 0.785. The molecule has 0 aliphatic carbocycles. The lowest BCUT2D eigenvalue weighted by Gasteiger charge is -1.98. The molecule has 0 saturated carbocycles. The Hall–Kier alpha value is -1.75. The van der Waals surface area contributed by atoms with Gasteiger partial charge in [0, 0.05) is 24.4 Å². The van der Waals surface area contributed by atoms with Crippen molar-refractivity contribution in [1.82, 2.24) is 20.2 Å². The average Bonchev–Trinajstić information content (AvgIpc) is 2.75. The number of rotatable bonds is 4. The average molecular weight is 217 g/mol. The number of aryl methyl sites for hydroxylation is 2. The van der Waals surface area contributed by atoms with Gasteiger partial charge in [0.25, 0.3) is 0 Å². The molecule has 84 valence electrons. The molecule has 2 heterocycles. The van der Waals surface area contributed by atoms with Crippen molar-refractivity contribution >= 4 is 0 Å². The fourth-order valence-corrected chi connectivity index (χ4v) is 1.50. The van der Waals surface area contributed by atoms with Crippen molar-refractivity contribution in [3.63, 3.8) is 0 Å². The van der Waals surface area contributed by atoms with E-state index in [1.54, 1.807) is 12.4 Å². The van der Waals surface area contributed by atoms with Gasteiger partial charge in [0.15, 0.2) is 5.82 Å². The van der Waals surface area contributed by atoms with Crippen molar-refractivity contribution in [2.45, 2.75) is 19.8 Å². The van der Waals surface area contributed by atoms with E-state index in [-0.39, 0.29) is 0 Å². The highest BCUT2D eigenvalue weighted by Crippen LogP contribution is 2.17. The summed E-state index contributed by atoms with van der Waals surface area (Å²) in [6, 6.07) is 1.95. The minimum atomic E-state index is 0.669.